The maximum Gasteiger partial charge on any atom is 0.416 e. The highest BCUT2D eigenvalue weighted by Crippen LogP contribution is 2.31. The van der Waals surface area contributed by atoms with Crippen LogP contribution in [-0.2, 0) is 28.9 Å². The second-order valence-electron chi connectivity index (χ2n) is 8.43. The molecular formula is C26H26F4N2O2S. The Morgan fingerprint density at radius 2 is 1.63 bits per heavy atom. The number of hydrogen-bond acceptors (Lipinski definition) is 3. The van der Waals surface area contributed by atoms with Crippen LogP contribution in [0.2, 0.25) is 0 Å². The van der Waals surface area contributed by atoms with Gasteiger partial charge in [-0.05, 0) is 65.1 Å². The molecule has 0 aliphatic rings. The monoisotopic (exact) mass is 506 g/mol. The Morgan fingerprint density at radius 3 is 2.20 bits per heavy atom. The van der Waals surface area contributed by atoms with Crippen molar-refractivity contribution in [3.8, 4) is 11.1 Å². The third kappa shape index (κ3) is 6.84. The van der Waals surface area contributed by atoms with Crippen molar-refractivity contribution in [2.75, 3.05) is 7.05 Å². The van der Waals surface area contributed by atoms with Gasteiger partial charge in [0.2, 0.25) is 5.91 Å². The molecule has 0 saturated heterocycles. The fourth-order valence-corrected chi connectivity index (χ4v) is 4.96. The molecule has 4 nitrogen and oxygen atoms in total. The molecular weight excluding hydrogens is 480 g/mol. The van der Waals surface area contributed by atoms with Gasteiger partial charge in [0.05, 0.1) is 16.9 Å². The van der Waals surface area contributed by atoms with Crippen molar-refractivity contribution in [2.45, 2.75) is 37.5 Å². The molecule has 0 aliphatic heterocycles. The van der Waals surface area contributed by atoms with Gasteiger partial charge in [0.1, 0.15) is 11.9 Å². The van der Waals surface area contributed by atoms with Gasteiger partial charge in [-0.15, -0.1) is 4.31 Å². The first-order valence-electron chi connectivity index (χ1n) is 10.9. The number of alkyl halides is 3. The average molecular weight is 507 g/mol. The minimum atomic E-state index is -4.40. The number of rotatable bonds is 8. The predicted molar refractivity (Wildman–Crippen MR) is 128 cm³/mol. The number of halogens is 4. The molecule has 1 amide bonds. The highest BCUT2D eigenvalue weighted by Gasteiger charge is 2.35. The van der Waals surface area contributed by atoms with Crippen LogP contribution in [0.4, 0.5) is 17.6 Å². The topological polar surface area (TPSA) is 55.4 Å². The number of carbonyl (C=O) groups excluding carboxylic acids is 1. The van der Waals surface area contributed by atoms with E-state index in [0.29, 0.717) is 10.5 Å². The molecule has 0 aromatic heterocycles. The summed E-state index contributed by atoms with van der Waals surface area (Å²) in [5, 5.41) is 2.86. The van der Waals surface area contributed by atoms with Crippen molar-refractivity contribution < 1.29 is 26.9 Å². The Kier molecular flexibility index (Phi) is 8.58. The van der Waals surface area contributed by atoms with Crippen LogP contribution in [0.25, 0.3) is 11.1 Å². The molecule has 0 bridgehead atoms. The van der Waals surface area contributed by atoms with Crippen molar-refractivity contribution in [3.05, 3.63) is 89.7 Å². The van der Waals surface area contributed by atoms with Gasteiger partial charge >= 0.3 is 6.18 Å². The first kappa shape index (κ1) is 26.7. The van der Waals surface area contributed by atoms with Crippen LogP contribution in [-0.4, -0.2) is 27.9 Å². The number of carbonyl (C=O) groups is 1. The molecule has 0 aliphatic carbocycles. The molecule has 0 fully saturated rings. The maximum atomic E-state index is 13.2. The molecule has 1 N–H and O–H groups in total. The molecule has 35 heavy (non-hydrogen) atoms. The van der Waals surface area contributed by atoms with E-state index in [0.717, 1.165) is 23.3 Å². The van der Waals surface area contributed by atoms with Crippen molar-refractivity contribution in [3.63, 3.8) is 0 Å². The number of benzene rings is 3. The summed E-state index contributed by atoms with van der Waals surface area (Å²) in [6.07, 6.45) is -4.40. The lowest BCUT2D eigenvalue weighted by molar-refractivity contribution is -0.137. The molecule has 3 rings (SSSR count). The van der Waals surface area contributed by atoms with Gasteiger partial charge in [0.15, 0.2) is 4.90 Å². The van der Waals surface area contributed by atoms with E-state index in [1.165, 1.54) is 40.7 Å². The quantitative estimate of drug-likeness (QED) is 0.310. The van der Waals surface area contributed by atoms with Gasteiger partial charge < -0.3 is 9.87 Å². The smallest absolute Gasteiger partial charge is 0.416 e. The van der Waals surface area contributed by atoms with Crippen LogP contribution in [0.5, 0.6) is 0 Å². The van der Waals surface area contributed by atoms with Gasteiger partial charge in [0.25, 0.3) is 0 Å². The second-order valence-corrected chi connectivity index (χ2v) is 9.98. The summed E-state index contributed by atoms with van der Waals surface area (Å²) < 4.78 is 66.1. The highest BCUT2D eigenvalue weighted by atomic mass is 32.2. The zero-order valence-electron chi connectivity index (χ0n) is 19.5. The Morgan fingerprint density at radius 1 is 1.00 bits per heavy atom. The van der Waals surface area contributed by atoms with Gasteiger partial charge in [0, 0.05) is 13.6 Å². The molecule has 3 aromatic carbocycles. The summed E-state index contributed by atoms with van der Waals surface area (Å²) in [7, 11) is 1.58. The fourth-order valence-electron chi connectivity index (χ4n) is 3.71. The van der Waals surface area contributed by atoms with Crippen molar-refractivity contribution in [2.24, 2.45) is 5.92 Å². The van der Waals surface area contributed by atoms with E-state index in [9.17, 15) is 26.9 Å². The van der Waals surface area contributed by atoms with Crippen molar-refractivity contribution >= 4 is 17.3 Å². The van der Waals surface area contributed by atoms with Gasteiger partial charge in [-0.1, -0.05) is 44.2 Å². The number of nitrogens with one attached hydrogen (secondary N) is 1. The average Bonchev–Trinajstić information content (AvgIpc) is 2.82. The molecule has 0 radical (unpaired) electrons. The first-order chi connectivity index (χ1) is 16.5. The predicted octanol–water partition coefficient (Wildman–Crippen LogP) is 5.81. The summed E-state index contributed by atoms with van der Waals surface area (Å²) in [5.74, 6) is -0.925. The Balaban J connectivity index is 1.69. The normalized spacial score (nSPS) is 13.7. The maximum absolute atomic E-state index is 13.2. The molecule has 0 heterocycles. The van der Waals surface area contributed by atoms with Gasteiger partial charge in [-0.25, -0.2) is 4.39 Å². The fraction of sp³-hybridized carbons (Fsp3) is 0.269. The molecule has 0 spiro atoms. The molecule has 0 saturated carbocycles. The minimum absolute atomic E-state index is 0.164. The molecule has 3 aromatic rings. The van der Waals surface area contributed by atoms with Crippen LogP contribution in [0.15, 0.2) is 77.7 Å². The zero-order valence-corrected chi connectivity index (χ0v) is 20.3. The van der Waals surface area contributed by atoms with Crippen LogP contribution < -0.4 is 5.32 Å². The van der Waals surface area contributed by atoms with E-state index < -0.39 is 35.0 Å². The number of nitrogens with zero attached hydrogens (tertiary/aromatic N) is 1. The summed E-state index contributed by atoms with van der Waals surface area (Å²) in [4.78, 5) is 13.4. The van der Waals surface area contributed by atoms with Crippen LogP contribution in [0, 0.1) is 11.7 Å². The summed E-state index contributed by atoms with van der Waals surface area (Å²) in [6.45, 7) is 3.87. The summed E-state index contributed by atoms with van der Waals surface area (Å²) in [5.41, 5.74) is 1.40. The lowest BCUT2D eigenvalue weighted by atomic mass is 10.0. The lowest BCUT2D eigenvalue weighted by Crippen LogP contribution is -2.50. The number of amides is 1. The van der Waals surface area contributed by atoms with Gasteiger partial charge in [-0.3, -0.25) is 4.79 Å². The Labute approximate surface area is 205 Å². The molecule has 9 heteroatoms. The van der Waals surface area contributed by atoms with E-state index in [1.54, 1.807) is 31.3 Å². The molecule has 186 valence electrons. The SMILES string of the molecule is CC(C)[C@H](C(=O)NCc1cccc(-c2ccc(C(F)(F)F)cc2)c1)N(C)[S+]([O-])c1ccc(F)cc1. The summed E-state index contributed by atoms with van der Waals surface area (Å²) >= 11 is -1.67. The van der Waals surface area contributed by atoms with E-state index in [2.05, 4.69) is 5.32 Å². The minimum Gasteiger partial charge on any atom is -0.593 e. The van der Waals surface area contributed by atoms with Gasteiger partial charge in [-0.2, -0.15) is 13.2 Å². The van der Waals surface area contributed by atoms with Crippen LogP contribution in [0.1, 0.15) is 25.0 Å². The third-order valence-electron chi connectivity index (χ3n) is 5.51. The van der Waals surface area contributed by atoms with Crippen molar-refractivity contribution in [1.82, 2.24) is 9.62 Å². The third-order valence-corrected chi connectivity index (χ3v) is 6.93. The van der Waals surface area contributed by atoms with Crippen LogP contribution >= 0.6 is 0 Å². The number of hydrogen-bond donors (Lipinski definition) is 1. The van der Waals surface area contributed by atoms with E-state index in [4.69, 9.17) is 0 Å². The number of likely N-dealkylation sites (N-methyl/N-ethyl adjacent to an activating group) is 1. The molecule has 2 atom stereocenters. The Hall–Kier alpha value is -2.88. The van der Waals surface area contributed by atoms with E-state index >= 15 is 0 Å². The largest absolute Gasteiger partial charge is 0.593 e. The Bertz CT molecular complexity index is 1140. The summed E-state index contributed by atoms with van der Waals surface area (Å²) in [6, 6.07) is 16.6. The van der Waals surface area contributed by atoms with E-state index in [1.807, 2.05) is 13.8 Å². The van der Waals surface area contributed by atoms with E-state index in [-0.39, 0.29) is 18.4 Å². The molecule has 1 unspecified atom stereocenters. The zero-order chi connectivity index (χ0) is 25.8. The van der Waals surface area contributed by atoms with Crippen LogP contribution in [0.3, 0.4) is 0 Å². The second kappa shape index (κ2) is 11.2. The lowest BCUT2D eigenvalue weighted by Gasteiger charge is -2.30. The first-order valence-corrected chi connectivity index (χ1v) is 12.0. The standard InChI is InChI=1S/C26H26F4N2O2S/c1-17(2)24(32(3)35(34)23-13-11-22(27)12-14-23)25(33)31-16-18-5-4-6-20(15-18)19-7-9-21(10-8-19)26(28,29)30/h4-15,17,24H,16H2,1-3H3,(H,31,33)/t24-,35?/m1/s1. The van der Waals surface area contributed by atoms with Crippen molar-refractivity contribution in [1.29, 1.82) is 0 Å². The highest BCUT2D eigenvalue weighted by molar-refractivity contribution is 7.89.